The summed E-state index contributed by atoms with van der Waals surface area (Å²) in [4.78, 5) is 11.5. The summed E-state index contributed by atoms with van der Waals surface area (Å²) < 4.78 is 43.3. The molecule has 0 fully saturated rings. The standard InChI is InChI=1S/C15H18F3NO3/c1-9(2)8-19-13(21)5-4-10-6-11(15(16,17)18)14(22-3)12(20)7-10/h4-7,9,20H,8H2,1-3H3,(H,19,21). The second-order valence-electron chi connectivity index (χ2n) is 5.09. The van der Waals surface area contributed by atoms with Crippen LogP contribution in [-0.4, -0.2) is 24.7 Å². The van der Waals surface area contributed by atoms with Crippen LogP contribution in [0.3, 0.4) is 0 Å². The Bertz CT molecular complexity index is 566. The molecule has 0 spiro atoms. The molecule has 0 saturated carbocycles. The lowest BCUT2D eigenvalue weighted by Gasteiger charge is -2.14. The number of rotatable bonds is 5. The molecule has 0 radical (unpaired) electrons. The average molecular weight is 317 g/mol. The zero-order chi connectivity index (χ0) is 16.9. The fourth-order valence-electron chi connectivity index (χ4n) is 1.69. The van der Waals surface area contributed by atoms with Gasteiger partial charge in [0.1, 0.15) is 5.56 Å². The highest BCUT2D eigenvalue weighted by atomic mass is 19.4. The van der Waals surface area contributed by atoms with Crippen molar-refractivity contribution in [1.82, 2.24) is 5.32 Å². The lowest BCUT2D eigenvalue weighted by Crippen LogP contribution is -2.25. The van der Waals surface area contributed by atoms with E-state index >= 15 is 0 Å². The van der Waals surface area contributed by atoms with Crippen molar-refractivity contribution < 1.29 is 27.8 Å². The van der Waals surface area contributed by atoms with Crippen LogP contribution < -0.4 is 10.1 Å². The summed E-state index contributed by atoms with van der Waals surface area (Å²) in [6.07, 6.45) is -2.36. The molecule has 0 aromatic heterocycles. The molecule has 7 heteroatoms. The van der Waals surface area contributed by atoms with E-state index in [0.717, 1.165) is 25.3 Å². The predicted octanol–water partition coefficient (Wildman–Crippen LogP) is 3.21. The van der Waals surface area contributed by atoms with Crippen LogP contribution >= 0.6 is 0 Å². The number of phenols is 1. The first kappa shape index (κ1) is 17.9. The Labute approximate surface area is 126 Å². The van der Waals surface area contributed by atoms with E-state index in [1.165, 1.54) is 6.08 Å². The number of amides is 1. The third-order valence-corrected chi connectivity index (χ3v) is 2.71. The normalized spacial score (nSPS) is 12.0. The Morgan fingerprint density at radius 1 is 1.41 bits per heavy atom. The summed E-state index contributed by atoms with van der Waals surface area (Å²) in [7, 11) is 1.04. The molecule has 0 aliphatic rings. The van der Waals surface area contributed by atoms with Crippen molar-refractivity contribution in [2.45, 2.75) is 20.0 Å². The van der Waals surface area contributed by atoms with Crippen molar-refractivity contribution in [2.75, 3.05) is 13.7 Å². The van der Waals surface area contributed by atoms with E-state index in [4.69, 9.17) is 0 Å². The SMILES string of the molecule is COc1c(O)cc(C=CC(=O)NCC(C)C)cc1C(F)(F)F. The fraction of sp³-hybridized carbons (Fsp3) is 0.400. The monoisotopic (exact) mass is 317 g/mol. The summed E-state index contributed by atoms with van der Waals surface area (Å²) in [6.45, 7) is 4.30. The Morgan fingerprint density at radius 2 is 2.05 bits per heavy atom. The number of phenolic OH excluding ortho intramolecular Hbond substituents is 1. The molecule has 1 amide bonds. The van der Waals surface area contributed by atoms with E-state index in [1.54, 1.807) is 0 Å². The number of halogens is 3. The number of methoxy groups -OCH3 is 1. The van der Waals surface area contributed by atoms with Crippen molar-refractivity contribution >= 4 is 12.0 Å². The molecule has 122 valence electrons. The van der Waals surface area contributed by atoms with Gasteiger partial charge in [0.05, 0.1) is 7.11 Å². The number of alkyl halides is 3. The molecule has 1 aromatic carbocycles. The molecule has 22 heavy (non-hydrogen) atoms. The van der Waals surface area contributed by atoms with Crippen LogP contribution in [0.15, 0.2) is 18.2 Å². The molecule has 0 saturated heterocycles. The number of hydrogen-bond donors (Lipinski definition) is 2. The van der Waals surface area contributed by atoms with E-state index in [2.05, 4.69) is 10.1 Å². The Balaban J connectivity index is 3.02. The van der Waals surface area contributed by atoms with Gasteiger partial charge in [-0.15, -0.1) is 0 Å². The first-order valence-corrected chi connectivity index (χ1v) is 6.59. The van der Waals surface area contributed by atoms with Crippen LogP contribution in [0.5, 0.6) is 11.5 Å². The maximum atomic E-state index is 12.9. The van der Waals surface area contributed by atoms with Gasteiger partial charge < -0.3 is 15.2 Å². The first-order valence-electron chi connectivity index (χ1n) is 6.59. The van der Waals surface area contributed by atoms with Crippen LogP contribution in [-0.2, 0) is 11.0 Å². The third kappa shape index (κ3) is 4.98. The lowest BCUT2D eigenvalue weighted by atomic mass is 10.1. The molecule has 0 aliphatic heterocycles. The average Bonchev–Trinajstić information content (AvgIpc) is 2.41. The summed E-state index contributed by atoms with van der Waals surface area (Å²) in [5.41, 5.74) is -1.05. The number of carbonyl (C=O) groups excluding carboxylic acids is 1. The molecule has 4 nitrogen and oxygen atoms in total. The van der Waals surface area contributed by atoms with Gasteiger partial charge in [0.25, 0.3) is 0 Å². The number of ether oxygens (including phenoxy) is 1. The van der Waals surface area contributed by atoms with Crippen molar-refractivity contribution in [1.29, 1.82) is 0 Å². The van der Waals surface area contributed by atoms with Crippen LogP contribution in [0.1, 0.15) is 25.0 Å². The van der Waals surface area contributed by atoms with E-state index in [9.17, 15) is 23.1 Å². The van der Waals surface area contributed by atoms with E-state index < -0.39 is 29.1 Å². The van der Waals surface area contributed by atoms with Gasteiger partial charge in [0.2, 0.25) is 5.91 Å². The lowest BCUT2D eigenvalue weighted by molar-refractivity contribution is -0.138. The maximum absolute atomic E-state index is 12.9. The van der Waals surface area contributed by atoms with E-state index in [-0.39, 0.29) is 11.5 Å². The quantitative estimate of drug-likeness (QED) is 0.820. The van der Waals surface area contributed by atoms with Gasteiger partial charge in [0, 0.05) is 12.6 Å². The van der Waals surface area contributed by atoms with Crippen LogP contribution in [0.2, 0.25) is 0 Å². The second kappa shape index (κ2) is 7.20. The van der Waals surface area contributed by atoms with Gasteiger partial charge in [-0.25, -0.2) is 0 Å². The van der Waals surface area contributed by atoms with Crippen LogP contribution in [0.25, 0.3) is 6.08 Å². The minimum Gasteiger partial charge on any atom is -0.504 e. The Kier molecular flexibility index (Phi) is 5.84. The first-order chi connectivity index (χ1) is 10.1. The zero-order valence-corrected chi connectivity index (χ0v) is 12.5. The van der Waals surface area contributed by atoms with Gasteiger partial charge >= 0.3 is 6.18 Å². The minimum absolute atomic E-state index is 0.0466. The number of carbonyl (C=O) groups is 1. The molecule has 2 N–H and O–H groups in total. The minimum atomic E-state index is -4.67. The molecule has 1 aromatic rings. The van der Waals surface area contributed by atoms with E-state index in [1.807, 2.05) is 13.8 Å². The summed E-state index contributed by atoms with van der Waals surface area (Å²) in [5, 5.41) is 12.2. The number of hydrogen-bond acceptors (Lipinski definition) is 3. The number of benzene rings is 1. The topological polar surface area (TPSA) is 58.6 Å². The molecule has 0 aliphatic carbocycles. The molecular weight excluding hydrogens is 299 g/mol. The highest BCUT2D eigenvalue weighted by molar-refractivity contribution is 5.91. The summed E-state index contributed by atoms with van der Waals surface area (Å²) in [5.74, 6) is -1.44. The molecular formula is C15H18F3NO3. The van der Waals surface area contributed by atoms with Crippen molar-refractivity contribution in [3.05, 3.63) is 29.3 Å². The van der Waals surface area contributed by atoms with Crippen molar-refractivity contribution in [3.8, 4) is 11.5 Å². The number of nitrogens with one attached hydrogen (secondary N) is 1. The van der Waals surface area contributed by atoms with Gasteiger partial charge in [-0.3, -0.25) is 4.79 Å². The Hall–Kier alpha value is -2.18. The van der Waals surface area contributed by atoms with E-state index in [0.29, 0.717) is 6.54 Å². The Morgan fingerprint density at radius 3 is 2.55 bits per heavy atom. The maximum Gasteiger partial charge on any atom is 0.420 e. The number of aromatic hydroxyl groups is 1. The van der Waals surface area contributed by atoms with Gasteiger partial charge in [-0.05, 0) is 29.7 Å². The highest BCUT2D eigenvalue weighted by Gasteiger charge is 2.36. The van der Waals surface area contributed by atoms with Gasteiger partial charge in [-0.1, -0.05) is 13.8 Å². The smallest absolute Gasteiger partial charge is 0.420 e. The third-order valence-electron chi connectivity index (χ3n) is 2.71. The van der Waals surface area contributed by atoms with Crippen LogP contribution in [0.4, 0.5) is 13.2 Å². The van der Waals surface area contributed by atoms with Crippen molar-refractivity contribution in [3.63, 3.8) is 0 Å². The predicted molar refractivity (Wildman–Crippen MR) is 76.5 cm³/mol. The molecule has 0 unspecified atom stereocenters. The molecule has 1 rings (SSSR count). The summed E-state index contributed by atoms with van der Waals surface area (Å²) >= 11 is 0. The molecule has 0 heterocycles. The second-order valence-corrected chi connectivity index (χ2v) is 5.09. The highest BCUT2D eigenvalue weighted by Crippen LogP contribution is 2.42. The van der Waals surface area contributed by atoms with Gasteiger partial charge in [-0.2, -0.15) is 13.2 Å². The largest absolute Gasteiger partial charge is 0.504 e. The molecule has 0 atom stereocenters. The van der Waals surface area contributed by atoms with Crippen molar-refractivity contribution in [2.24, 2.45) is 5.92 Å². The fourth-order valence-corrected chi connectivity index (χ4v) is 1.69. The van der Waals surface area contributed by atoms with Crippen LogP contribution in [0, 0.1) is 5.92 Å². The summed E-state index contributed by atoms with van der Waals surface area (Å²) in [6, 6.07) is 1.91. The van der Waals surface area contributed by atoms with Gasteiger partial charge in [0.15, 0.2) is 11.5 Å². The molecule has 0 bridgehead atoms. The zero-order valence-electron chi connectivity index (χ0n) is 12.5.